The number of imide groups is 1. The summed E-state index contributed by atoms with van der Waals surface area (Å²) in [5.41, 5.74) is 2.47. The predicted molar refractivity (Wildman–Crippen MR) is 152 cm³/mol. The zero-order valence-corrected chi connectivity index (χ0v) is 23.3. The fourth-order valence-corrected chi connectivity index (χ4v) is 7.65. The Labute approximate surface area is 237 Å². The Bertz CT molecular complexity index is 1630. The van der Waals surface area contributed by atoms with Gasteiger partial charge >= 0.3 is 0 Å². The van der Waals surface area contributed by atoms with Crippen molar-refractivity contribution in [2.24, 2.45) is 0 Å². The summed E-state index contributed by atoms with van der Waals surface area (Å²) >= 11 is 6.02. The van der Waals surface area contributed by atoms with Gasteiger partial charge in [-0.25, -0.2) is 18.3 Å². The largest absolute Gasteiger partial charge is 0.436 e. The van der Waals surface area contributed by atoms with Gasteiger partial charge in [-0.15, -0.1) is 0 Å². The molecule has 1 aromatic heterocycles. The van der Waals surface area contributed by atoms with E-state index >= 15 is 0 Å². The number of nitrogens with zero attached hydrogens (tertiary/aromatic N) is 3. The Morgan fingerprint density at radius 1 is 0.875 bits per heavy atom. The average molecular weight is 578 g/mol. The molecule has 2 amide bonds. The van der Waals surface area contributed by atoms with Gasteiger partial charge in [0.25, 0.3) is 5.91 Å². The third kappa shape index (κ3) is 4.93. The van der Waals surface area contributed by atoms with Gasteiger partial charge in [-0.05, 0) is 73.5 Å². The summed E-state index contributed by atoms with van der Waals surface area (Å²) in [7, 11) is -4.08. The molecule has 0 spiro atoms. The lowest BCUT2D eigenvalue weighted by Gasteiger charge is -2.33. The quantitative estimate of drug-likeness (QED) is 0.200. The van der Waals surface area contributed by atoms with Crippen LogP contribution < -0.4 is 4.90 Å². The lowest BCUT2D eigenvalue weighted by molar-refractivity contribution is -0.122. The molecule has 0 N–H and O–H groups in total. The summed E-state index contributed by atoms with van der Waals surface area (Å²) in [5.74, 6) is -0.547. The van der Waals surface area contributed by atoms with E-state index in [9.17, 15) is 18.0 Å². The second-order valence-corrected chi connectivity index (χ2v) is 12.5. The van der Waals surface area contributed by atoms with Crippen molar-refractivity contribution in [2.75, 3.05) is 4.90 Å². The maximum atomic E-state index is 14.0. The number of benzene rings is 3. The molecule has 1 saturated heterocycles. The summed E-state index contributed by atoms with van der Waals surface area (Å²) in [5, 5.41) is 0.416. The smallest absolute Gasteiger partial charge is 0.252 e. The maximum Gasteiger partial charge on any atom is 0.252 e. The molecule has 1 atom stereocenters. The van der Waals surface area contributed by atoms with Gasteiger partial charge in [0.1, 0.15) is 11.6 Å². The number of para-hydroxylation sites is 2. The van der Waals surface area contributed by atoms with E-state index in [1.165, 1.54) is 28.6 Å². The van der Waals surface area contributed by atoms with Gasteiger partial charge in [0.05, 0.1) is 17.0 Å². The zero-order chi connectivity index (χ0) is 27.9. The Morgan fingerprint density at radius 3 is 2.23 bits per heavy atom. The Kier molecular flexibility index (Phi) is 7.20. The molecule has 8 nitrogen and oxygen atoms in total. The van der Waals surface area contributed by atoms with Gasteiger partial charge in [0.2, 0.25) is 21.8 Å². The normalized spacial score (nSPS) is 19.1. The van der Waals surface area contributed by atoms with E-state index in [0.29, 0.717) is 40.6 Å². The maximum absolute atomic E-state index is 14.0. The number of rotatable bonds is 6. The number of sulfonamides is 1. The van der Waals surface area contributed by atoms with Crippen LogP contribution in [0.5, 0.6) is 0 Å². The first-order valence-electron chi connectivity index (χ1n) is 13.4. The summed E-state index contributed by atoms with van der Waals surface area (Å²) in [6.45, 7) is 0. The van der Waals surface area contributed by atoms with Gasteiger partial charge in [-0.3, -0.25) is 9.59 Å². The topological polar surface area (TPSA) is 101 Å². The zero-order valence-electron chi connectivity index (χ0n) is 21.7. The molecule has 2 aliphatic rings. The molecular weight excluding hydrogens is 550 g/mol. The first-order valence-corrected chi connectivity index (χ1v) is 15.3. The highest BCUT2D eigenvalue weighted by molar-refractivity contribution is 7.89. The van der Waals surface area contributed by atoms with Crippen LogP contribution in [0.4, 0.5) is 5.69 Å². The molecular formula is C30H28ClN3O5S. The molecule has 4 aromatic rings. The minimum Gasteiger partial charge on any atom is -0.436 e. The highest BCUT2D eigenvalue weighted by Gasteiger charge is 2.49. The SMILES string of the molecule is O=C1CC(N(C2CCCCCC2)S(=O)(=O)c2ccc(Cl)cc2)C(=O)N1c1ccc(-c2nc3ccccc3o2)cc1. The number of hydrogen-bond donors (Lipinski definition) is 0. The molecule has 1 aliphatic carbocycles. The lowest BCUT2D eigenvalue weighted by Crippen LogP contribution is -2.50. The summed E-state index contributed by atoms with van der Waals surface area (Å²) in [4.78, 5) is 32.8. The fraction of sp³-hybridized carbons (Fsp3) is 0.300. The summed E-state index contributed by atoms with van der Waals surface area (Å²) in [6, 6.07) is 18.7. The summed E-state index contributed by atoms with van der Waals surface area (Å²) < 4.78 is 35.1. The van der Waals surface area contributed by atoms with E-state index in [1.54, 1.807) is 24.3 Å². The van der Waals surface area contributed by atoms with Crippen molar-refractivity contribution in [3.8, 4) is 11.5 Å². The second-order valence-electron chi connectivity index (χ2n) is 10.3. The molecule has 0 radical (unpaired) electrons. The third-order valence-corrected chi connectivity index (χ3v) is 9.90. The second kappa shape index (κ2) is 10.8. The van der Waals surface area contributed by atoms with Crippen molar-refractivity contribution in [1.29, 1.82) is 0 Å². The number of halogens is 1. The Hall–Kier alpha value is -3.53. The van der Waals surface area contributed by atoms with Gasteiger partial charge < -0.3 is 4.42 Å². The number of aromatic nitrogens is 1. The molecule has 1 saturated carbocycles. The van der Waals surface area contributed by atoms with E-state index < -0.39 is 27.9 Å². The Morgan fingerprint density at radius 2 is 1.55 bits per heavy atom. The molecule has 1 aliphatic heterocycles. The predicted octanol–water partition coefficient (Wildman–Crippen LogP) is 6.19. The highest BCUT2D eigenvalue weighted by atomic mass is 35.5. The molecule has 10 heteroatoms. The van der Waals surface area contributed by atoms with Gasteiger partial charge in [0.15, 0.2) is 5.58 Å². The molecule has 0 bridgehead atoms. The molecule has 6 rings (SSSR count). The van der Waals surface area contributed by atoms with Crippen LogP contribution in [-0.4, -0.2) is 41.6 Å². The van der Waals surface area contributed by atoms with Crippen LogP contribution in [0.3, 0.4) is 0 Å². The molecule has 40 heavy (non-hydrogen) atoms. The molecule has 2 heterocycles. The van der Waals surface area contributed by atoms with Crippen molar-refractivity contribution in [3.05, 3.63) is 77.8 Å². The minimum absolute atomic E-state index is 0.0579. The van der Waals surface area contributed by atoms with E-state index in [1.807, 2.05) is 24.3 Å². The molecule has 3 aromatic carbocycles. The Balaban J connectivity index is 1.32. The average Bonchev–Trinajstić information content (AvgIpc) is 3.38. The first kappa shape index (κ1) is 26.7. The van der Waals surface area contributed by atoms with Crippen LogP contribution in [0.15, 0.2) is 82.1 Å². The van der Waals surface area contributed by atoms with E-state index in [-0.39, 0.29) is 17.4 Å². The first-order chi connectivity index (χ1) is 19.3. The fourth-order valence-electron chi connectivity index (χ4n) is 5.69. The highest BCUT2D eigenvalue weighted by Crippen LogP contribution is 2.35. The number of carbonyl (C=O) groups is 2. The van der Waals surface area contributed by atoms with Crippen molar-refractivity contribution in [1.82, 2.24) is 9.29 Å². The van der Waals surface area contributed by atoms with E-state index in [2.05, 4.69) is 4.98 Å². The third-order valence-electron chi connectivity index (χ3n) is 7.67. The molecule has 2 fully saturated rings. The van der Waals surface area contributed by atoms with E-state index in [4.69, 9.17) is 16.0 Å². The van der Waals surface area contributed by atoms with Crippen LogP contribution >= 0.6 is 11.6 Å². The van der Waals surface area contributed by atoms with Gasteiger partial charge in [0, 0.05) is 16.6 Å². The molecule has 206 valence electrons. The van der Waals surface area contributed by atoms with Crippen molar-refractivity contribution >= 4 is 50.2 Å². The van der Waals surface area contributed by atoms with Crippen molar-refractivity contribution in [2.45, 2.75) is 61.9 Å². The van der Waals surface area contributed by atoms with Gasteiger partial charge in [-0.2, -0.15) is 4.31 Å². The number of hydrogen-bond acceptors (Lipinski definition) is 6. The number of oxazole rings is 1. The van der Waals surface area contributed by atoms with E-state index in [0.717, 1.165) is 36.1 Å². The molecule has 1 unspecified atom stereocenters. The van der Waals surface area contributed by atoms with Crippen LogP contribution in [-0.2, 0) is 19.6 Å². The standard InChI is InChI=1S/C30H28ClN3O5S/c31-21-13-17-24(18-14-21)40(37,38)34(23-7-3-1-2-4-8-23)26-19-28(35)33(30(26)36)22-15-11-20(12-16-22)29-32-25-9-5-6-10-27(25)39-29/h5-6,9-18,23,26H,1-4,7-8,19H2. The van der Waals surface area contributed by atoms with Crippen LogP contribution in [0.25, 0.3) is 22.6 Å². The minimum atomic E-state index is -4.08. The van der Waals surface area contributed by atoms with Crippen LogP contribution in [0, 0.1) is 0 Å². The van der Waals surface area contributed by atoms with Crippen molar-refractivity contribution in [3.63, 3.8) is 0 Å². The number of amides is 2. The number of carbonyl (C=O) groups excluding carboxylic acids is 2. The van der Waals surface area contributed by atoms with Crippen LogP contribution in [0.1, 0.15) is 44.9 Å². The van der Waals surface area contributed by atoms with Gasteiger partial charge in [-0.1, -0.05) is 49.4 Å². The summed E-state index contributed by atoms with van der Waals surface area (Å²) in [6.07, 6.45) is 4.84. The number of fused-ring (bicyclic) bond motifs is 1. The van der Waals surface area contributed by atoms with Crippen molar-refractivity contribution < 1.29 is 22.4 Å². The number of anilines is 1. The van der Waals surface area contributed by atoms with Crippen LogP contribution in [0.2, 0.25) is 5.02 Å². The lowest BCUT2D eigenvalue weighted by atomic mass is 10.1. The monoisotopic (exact) mass is 577 g/mol.